The average Bonchev–Trinajstić information content (AvgIpc) is 2.64. The molecular weight excluding hydrogens is 217 g/mol. The number of alkyl halides is 3. The first-order valence-corrected chi connectivity index (χ1v) is 5.32. The molecule has 1 aliphatic rings. The zero-order valence-corrected chi connectivity index (χ0v) is 8.67. The summed E-state index contributed by atoms with van der Waals surface area (Å²) in [6.07, 6.45) is -3.09. The van der Waals surface area contributed by atoms with E-state index in [1.54, 1.807) is 6.07 Å². The molecular formula is C12H13F3O. The summed E-state index contributed by atoms with van der Waals surface area (Å²) in [5.74, 6) is -0.159. The summed E-state index contributed by atoms with van der Waals surface area (Å²) >= 11 is 0. The van der Waals surface area contributed by atoms with E-state index in [9.17, 15) is 18.3 Å². The van der Waals surface area contributed by atoms with Crippen LogP contribution in [0.2, 0.25) is 0 Å². The zero-order valence-electron chi connectivity index (χ0n) is 8.67. The van der Waals surface area contributed by atoms with Gasteiger partial charge in [0.2, 0.25) is 0 Å². The fourth-order valence-electron chi connectivity index (χ4n) is 2.35. The molecule has 1 aliphatic carbocycles. The lowest BCUT2D eigenvalue weighted by molar-refractivity contribution is -0.138. The molecule has 2 unspecified atom stereocenters. The van der Waals surface area contributed by atoms with Gasteiger partial charge >= 0.3 is 6.18 Å². The second kappa shape index (κ2) is 4.09. The minimum absolute atomic E-state index is 0.159. The second-order valence-corrected chi connectivity index (χ2v) is 4.25. The predicted molar refractivity (Wildman–Crippen MR) is 54.0 cm³/mol. The standard InChI is InChI=1S/C12H13F3O/c13-12(14,15)11-4-2-1-3-10(11)8-5-6-9(16)7-8/h1-4,8-9,16H,5-7H2. The maximum Gasteiger partial charge on any atom is 0.416 e. The molecule has 0 heterocycles. The van der Waals surface area contributed by atoms with Gasteiger partial charge in [-0.15, -0.1) is 0 Å². The van der Waals surface area contributed by atoms with Crippen molar-refractivity contribution in [1.82, 2.24) is 0 Å². The normalized spacial score (nSPS) is 26.0. The van der Waals surface area contributed by atoms with E-state index in [-0.39, 0.29) is 5.92 Å². The Morgan fingerprint density at radius 1 is 1.12 bits per heavy atom. The van der Waals surface area contributed by atoms with Crippen LogP contribution >= 0.6 is 0 Å². The molecule has 0 radical (unpaired) electrons. The molecule has 0 amide bonds. The van der Waals surface area contributed by atoms with Crippen molar-refractivity contribution in [2.24, 2.45) is 0 Å². The van der Waals surface area contributed by atoms with Crippen LogP contribution in [0.25, 0.3) is 0 Å². The van der Waals surface area contributed by atoms with Crippen LogP contribution in [0.4, 0.5) is 13.2 Å². The van der Waals surface area contributed by atoms with Crippen LogP contribution in [-0.2, 0) is 6.18 Å². The van der Waals surface area contributed by atoms with Gasteiger partial charge in [-0.3, -0.25) is 0 Å². The number of hydrogen-bond donors (Lipinski definition) is 1. The average molecular weight is 230 g/mol. The Balaban J connectivity index is 2.34. The van der Waals surface area contributed by atoms with E-state index in [0.29, 0.717) is 24.8 Å². The molecule has 0 spiro atoms. The van der Waals surface area contributed by atoms with E-state index >= 15 is 0 Å². The first-order chi connectivity index (χ1) is 7.48. The second-order valence-electron chi connectivity index (χ2n) is 4.25. The summed E-state index contributed by atoms with van der Waals surface area (Å²) < 4.78 is 38.2. The number of benzene rings is 1. The van der Waals surface area contributed by atoms with Crippen molar-refractivity contribution in [2.75, 3.05) is 0 Å². The first kappa shape index (κ1) is 11.5. The van der Waals surface area contributed by atoms with Gasteiger partial charge in [-0.05, 0) is 36.8 Å². The van der Waals surface area contributed by atoms with E-state index < -0.39 is 17.8 Å². The Morgan fingerprint density at radius 3 is 2.38 bits per heavy atom. The molecule has 0 saturated heterocycles. The van der Waals surface area contributed by atoms with Gasteiger partial charge in [0.1, 0.15) is 0 Å². The summed E-state index contributed by atoms with van der Waals surface area (Å²) in [4.78, 5) is 0. The van der Waals surface area contributed by atoms with Crippen LogP contribution in [0.5, 0.6) is 0 Å². The molecule has 0 aliphatic heterocycles. The molecule has 0 bridgehead atoms. The molecule has 1 N–H and O–H groups in total. The van der Waals surface area contributed by atoms with Crippen LogP contribution in [0, 0.1) is 0 Å². The van der Waals surface area contributed by atoms with E-state index in [4.69, 9.17) is 0 Å². The highest BCUT2D eigenvalue weighted by Gasteiger charge is 2.36. The van der Waals surface area contributed by atoms with E-state index in [1.165, 1.54) is 12.1 Å². The van der Waals surface area contributed by atoms with Crippen molar-refractivity contribution in [2.45, 2.75) is 37.5 Å². The Bertz CT molecular complexity index is 373. The van der Waals surface area contributed by atoms with E-state index in [2.05, 4.69) is 0 Å². The maximum absolute atomic E-state index is 12.7. The third-order valence-corrected chi connectivity index (χ3v) is 3.11. The smallest absolute Gasteiger partial charge is 0.393 e. The highest BCUT2D eigenvalue weighted by molar-refractivity contribution is 5.33. The van der Waals surface area contributed by atoms with Gasteiger partial charge in [-0.25, -0.2) is 0 Å². The third-order valence-electron chi connectivity index (χ3n) is 3.11. The van der Waals surface area contributed by atoms with Crippen molar-refractivity contribution in [3.05, 3.63) is 35.4 Å². The Kier molecular flexibility index (Phi) is 2.93. The molecule has 1 saturated carbocycles. The third kappa shape index (κ3) is 2.21. The fourth-order valence-corrected chi connectivity index (χ4v) is 2.35. The quantitative estimate of drug-likeness (QED) is 0.784. The first-order valence-electron chi connectivity index (χ1n) is 5.32. The Labute approximate surface area is 91.9 Å². The van der Waals surface area contributed by atoms with Gasteiger partial charge < -0.3 is 5.11 Å². The highest BCUT2D eigenvalue weighted by atomic mass is 19.4. The SMILES string of the molecule is OC1CCC(c2ccccc2C(F)(F)F)C1. The molecule has 4 heteroatoms. The topological polar surface area (TPSA) is 20.2 Å². The van der Waals surface area contributed by atoms with Crippen molar-refractivity contribution >= 4 is 0 Å². The molecule has 1 nitrogen and oxygen atoms in total. The van der Waals surface area contributed by atoms with Gasteiger partial charge in [-0.1, -0.05) is 18.2 Å². The zero-order chi connectivity index (χ0) is 11.8. The van der Waals surface area contributed by atoms with E-state index in [0.717, 1.165) is 6.07 Å². The summed E-state index contributed by atoms with van der Waals surface area (Å²) in [6.45, 7) is 0. The summed E-state index contributed by atoms with van der Waals surface area (Å²) in [7, 11) is 0. The molecule has 1 aromatic rings. The number of halogens is 3. The number of rotatable bonds is 1. The minimum atomic E-state index is -4.30. The van der Waals surface area contributed by atoms with Gasteiger partial charge in [-0.2, -0.15) is 13.2 Å². The summed E-state index contributed by atoms with van der Waals surface area (Å²) in [6, 6.07) is 5.65. The van der Waals surface area contributed by atoms with Gasteiger partial charge in [0.05, 0.1) is 11.7 Å². The molecule has 16 heavy (non-hydrogen) atoms. The maximum atomic E-state index is 12.7. The Hall–Kier alpha value is -1.03. The van der Waals surface area contributed by atoms with E-state index in [1.807, 2.05) is 0 Å². The van der Waals surface area contributed by atoms with Gasteiger partial charge in [0.15, 0.2) is 0 Å². The van der Waals surface area contributed by atoms with Crippen molar-refractivity contribution in [3.8, 4) is 0 Å². The predicted octanol–water partition coefficient (Wildman–Crippen LogP) is 3.33. The highest BCUT2D eigenvalue weighted by Crippen LogP contribution is 2.41. The minimum Gasteiger partial charge on any atom is -0.393 e. The molecule has 2 atom stereocenters. The summed E-state index contributed by atoms with van der Waals surface area (Å²) in [5.41, 5.74) is -0.236. The molecule has 88 valence electrons. The molecule has 1 aromatic carbocycles. The number of aliphatic hydroxyl groups excluding tert-OH is 1. The monoisotopic (exact) mass is 230 g/mol. The van der Waals surface area contributed by atoms with Crippen LogP contribution in [-0.4, -0.2) is 11.2 Å². The Morgan fingerprint density at radius 2 is 1.81 bits per heavy atom. The van der Waals surface area contributed by atoms with Crippen LogP contribution in [0.3, 0.4) is 0 Å². The lowest BCUT2D eigenvalue weighted by Crippen LogP contribution is -2.11. The molecule has 2 rings (SSSR count). The van der Waals surface area contributed by atoms with Crippen LogP contribution in [0.1, 0.15) is 36.3 Å². The summed E-state index contributed by atoms with van der Waals surface area (Å²) in [5, 5.41) is 9.37. The number of hydrogen-bond acceptors (Lipinski definition) is 1. The largest absolute Gasteiger partial charge is 0.416 e. The van der Waals surface area contributed by atoms with Crippen LogP contribution < -0.4 is 0 Å². The van der Waals surface area contributed by atoms with Crippen LogP contribution in [0.15, 0.2) is 24.3 Å². The lowest BCUT2D eigenvalue weighted by atomic mass is 9.92. The van der Waals surface area contributed by atoms with Gasteiger partial charge in [0.25, 0.3) is 0 Å². The van der Waals surface area contributed by atoms with Crippen molar-refractivity contribution in [1.29, 1.82) is 0 Å². The molecule has 0 aromatic heterocycles. The molecule has 1 fully saturated rings. The van der Waals surface area contributed by atoms with Gasteiger partial charge in [0, 0.05) is 0 Å². The fraction of sp³-hybridized carbons (Fsp3) is 0.500. The number of aliphatic hydroxyl groups is 1. The van der Waals surface area contributed by atoms with Crippen molar-refractivity contribution in [3.63, 3.8) is 0 Å². The van der Waals surface area contributed by atoms with Crippen molar-refractivity contribution < 1.29 is 18.3 Å². The lowest BCUT2D eigenvalue weighted by Gasteiger charge is -2.17.